The minimum atomic E-state index is -3.44. The van der Waals surface area contributed by atoms with Crippen LogP contribution in [0.4, 0.5) is 0 Å². The van der Waals surface area contributed by atoms with Crippen LogP contribution in [-0.4, -0.2) is 27.2 Å². The van der Waals surface area contributed by atoms with Gasteiger partial charge in [-0.2, -0.15) is 0 Å². The van der Waals surface area contributed by atoms with E-state index in [1.165, 1.54) is 5.56 Å². The highest BCUT2D eigenvalue weighted by atomic mass is 32.2. The lowest BCUT2D eigenvalue weighted by Crippen LogP contribution is -2.41. The summed E-state index contributed by atoms with van der Waals surface area (Å²) in [7, 11) is -3.44. The summed E-state index contributed by atoms with van der Waals surface area (Å²) in [6, 6.07) is 5.34. The molecule has 2 aliphatic rings. The summed E-state index contributed by atoms with van der Waals surface area (Å²) in [6.07, 6.45) is 1.57. The lowest BCUT2D eigenvalue weighted by atomic mass is 10.1. The van der Waals surface area contributed by atoms with Gasteiger partial charge in [-0.05, 0) is 43.0 Å². The molecule has 0 spiro atoms. The second-order valence-corrected chi connectivity index (χ2v) is 7.27. The predicted octanol–water partition coefficient (Wildman–Crippen LogP) is 1.14. The Morgan fingerprint density at radius 2 is 2.10 bits per heavy atom. The fourth-order valence-corrected chi connectivity index (χ4v) is 4.16. The molecular weight excluding hydrogens is 276 g/mol. The smallest absolute Gasteiger partial charge is 0.240 e. The van der Waals surface area contributed by atoms with Gasteiger partial charge in [0.25, 0.3) is 0 Å². The third kappa shape index (κ3) is 2.88. The van der Waals surface area contributed by atoms with Crippen LogP contribution in [0, 0.1) is 0 Å². The van der Waals surface area contributed by atoms with Gasteiger partial charge < -0.3 is 10.1 Å². The predicted molar refractivity (Wildman–Crippen MR) is 75.7 cm³/mol. The molecule has 1 saturated heterocycles. The molecule has 1 fully saturated rings. The summed E-state index contributed by atoms with van der Waals surface area (Å²) < 4.78 is 33.1. The number of sulfonamides is 1. The zero-order valence-corrected chi connectivity index (χ0v) is 12.4. The molecule has 3 rings (SSSR count). The van der Waals surface area contributed by atoms with Crippen molar-refractivity contribution in [2.45, 2.75) is 49.9 Å². The average Bonchev–Trinajstić information content (AvgIpc) is 2.85. The second-order valence-electron chi connectivity index (χ2n) is 5.56. The average molecular weight is 296 g/mol. The van der Waals surface area contributed by atoms with Gasteiger partial charge >= 0.3 is 0 Å². The third-order valence-corrected chi connectivity index (χ3v) is 5.44. The van der Waals surface area contributed by atoms with Crippen molar-refractivity contribution < 1.29 is 13.2 Å². The Hall–Kier alpha value is -0.950. The SMILES string of the molecule is CC1CC(NS(=O)(=O)c2ccc3c(c2)CNC3)CCO1. The summed E-state index contributed by atoms with van der Waals surface area (Å²) in [5.74, 6) is 0. The Morgan fingerprint density at radius 1 is 1.30 bits per heavy atom. The molecule has 20 heavy (non-hydrogen) atoms. The lowest BCUT2D eigenvalue weighted by Gasteiger charge is -2.27. The Morgan fingerprint density at radius 3 is 2.90 bits per heavy atom. The van der Waals surface area contributed by atoms with Crippen LogP contribution in [0.5, 0.6) is 0 Å². The van der Waals surface area contributed by atoms with Gasteiger partial charge in [0.2, 0.25) is 10.0 Å². The van der Waals surface area contributed by atoms with Crippen molar-refractivity contribution in [2.24, 2.45) is 0 Å². The number of fused-ring (bicyclic) bond motifs is 1. The van der Waals surface area contributed by atoms with E-state index in [9.17, 15) is 8.42 Å². The Balaban J connectivity index is 1.77. The first-order chi connectivity index (χ1) is 9.54. The molecule has 110 valence electrons. The molecule has 1 aromatic rings. The molecule has 5 nitrogen and oxygen atoms in total. The molecule has 2 unspecified atom stereocenters. The standard InChI is InChI=1S/C14H20N2O3S/c1-10-6-13(4-5-19-10)16-20(17,18)14-3-2-11-8-15-9-12(11)7-14/h2-3,7,10,13,15-16H,4-6,8-9H2,1H3. The van der Waals surface area contributed by atoms with Gasteiger partial charge in [-0.1, -0.05) is 6.07 Å². The van der Waals surface area contributed by atoms with Crippen LogP contribution in [0.2, 0.25) is 0 Å². The van der Waals surface area contributed by atoms with Crippen LogP contribution in [0.15, 0.2) is 23.1 Å². The van der Waals surface area contributed by atoms with E-state index in [-0.39, 0.29) is 12.1 Å². The largest absolute Gasteiger partial charge is 0.378 e. The van der Waals surface area contributed by atoms with E-state index in [4.69, 9.17) is 4.74 Å². The number of benzene rings is 1. The quantitative estimate of drug-likeness (QED) is 0.877. The van der Waals surface area contributed by atoms with Crippen molar-refractivity contribution in [2.75, 3.05) is 6.61 Å². The van der Waals surface area contributed by atoms with Crippen LogP contribution in [0.25, 0.3) is 0 Å². The zero-order chi connectivity index (χ0) is 14.2. The molecule has 0 saturated carbocycles. The number of rotatable bonds is 3. The highest BCUT2D eigenvalue weighted by molar-refractivity contribution is 7.89. The summed E-state index contributed by atoms with van der Waals surface area (Å²) in [4.78, 5) is 0.360. The maximum atomic E-state index is 12.4. The van der Waals surface area contributed by atoms with Crippen LogP contribution >= 0.6 is 0 Å². The van der Waals surface area contributed by atoms with Crippen molar-refractivity contribution in [3.05, 3.63) is 29.3 Å². The molecule has 1 aromatic carbocycles. The molecule has 2 atom stereocenters. The fraction of sp³-hybridized carbons (Fsp3) is 0.571. The summed E-state index contributed by atoms with van der Waals surface area (Å²) in [5, 5.41) is 3.22. The highest BCUT2D eigenvalue weighted by Crippen LogP contribution is 2.21. The minimum absolute atomic E-state index is 0.0323. The second kappa shape index (κ2) is 5.44. The zero-order valence-electron chi connectivity index (χ0n) is 11.6. The van der Waals surface area contributed by atoms with Crippen molar-refractivity contribution in [3.8, 4) is 0 Å². The van der Waals surface area contributed by atoms with Gasteiger partial charge in [-0.3, -0.25) is 0 Å². The fourth-order valence-electron chi connectivity index (χ4n) is 2.83. The van der Waals surface area contributed by atoms with Crippen LogP contribution < -0.4 is 10.0 Å². The Labute approximate surface area is 119 Å². The van der Waals surface area contributed by atoms with Gasteiger partial charge in [-0.25, -0.2) is 13.1 Å². The Kier molecular flexibility index (Phi) is 3.81. The van der Waals surface area contributed by atoms with Crippen LogP contribution in [0.1, 0.15) is 30.9 Å². The van der Waals surface area contributed by atoms with Gasteiger partial charge in [0.15, 0.2) is 0 Å². The van der Waals surface area contributed by atoms with E-state index in [1.54, 1.807) is 12.1 Å². The van der Waals surface area contributed by atoms with E-state index in [0.29, 0.717) is 11.5 Å². The van der Waals surface area contributed by atoms with E-state index in [0.717, 1.165) is 31.5 Å². The van der Waals surface area contributed by atoms with Crippen molar-refractivity contribution >= 4 is 10.0 Å². The first kappa shape index (κ1) is 14.0. The van der Waals surface area contributed by atoms with Gasteiger partial charge in [0.1, 0.15) is 0 Å². The molecule has 6 heteroatoms. The lowest BCUT2D eigenvalue weighted by molar-refractivity contribution is 0.0173. The molecule has 2 aliphatic heterocycles. The molecule has 2 N–H and O–H groups in total. The van der Waals surface area contributed by atoms with E-state index < -0.39 is 10.0 Å². The number of ether oxygens (including phenoxy) is 1. The monoisotopic (exact) mass is 296 g/mol. The molecule has 0 amide bonds. The van der Waals surface area contributed by atoms with Crippen molar-refractivity contribution in [1.29, 1.82) is 0 Å². The molecule has 0 radical (unpaired) electrons. The summed E-state index contributed by atoms with van der Waals surface area (Å²) in [6.45, 7) is 4.15. The maximum Gasteiger partial charge on any atom is 0.240 e. The summed E-state index contributed by atoms with van der Waals surface area (Å²) in [5.41, 5.74) is 2.26. The first-order valence-corrected chi connectivity index (χ1v) is 8.49. The van der Waals surface area contributed by atoms with Crippen LogP contribution in [0.3, 0.4) is 0 Å². The highest BCUT2D eigenvalue weighted by Gasteiger charge is 2.25. The number of nitrogens with one attached hydrogen (secondary N) is 2. The van der Waals surface area contributed by atoms with E-state index in [1.807, 2.05) is 13.0 Å². The molecule has 0 bridgehead atoms. The summed E-state index contributed by atoms with van der Waals surface area (Å²) >= 11 is 0. The Bertz CT molecular complexity index is 600. The molecule has 0 aromatic heterocycles. The topological polar surface area (TPSA) is 67.4 Å². The van der Waals surface area contributed by atoms with E-state index in [2.05, 4.69) is 10.0 Å². The number of hydrogen-bond acceptors (Lipinski definition) is 4. The minimum Gasteiger partial charge on any atom is -0.378 e. The van der Waals surface area contributed by atoms with Crippen molar-refractivity contribution in [3.63, 3.8) is 0 Å². The maximum absolute atomic E-state index is 12.4. The van der Waals surface area contributed by atoms with Crippen LogP contribution in [-0.2, 0) is 27.8 Å². The number of hydrogen-bond donors (Lipinski definition) is 2. The normalized spacial score (nSPS) is 26.4. The molecule has 0 aliphatic carbocycles. The van der Waals surface area contributed by atoms with Gasteiger partial charge in [0, 0.05) is 25.7 Å². The first-order valence-electron chi connectivity index (χ1n) is 7.01. The molecular formula is C14H20N2O3S. The van der Waals surface area contributed by atoms with Crippen molar-refractivity contribution in [1.82, 2.24) is 10.0 Å². The third-order valence-electron chi connectivity index (χ3n) is 3.93. The van der Waals surface area contributed by atoms with E-state index >= 15 is 0 Å². The molecule has 2 heterocycles. The van der Waals surface area contributed by atoms with Gasteiger partial charge in [0.05, 0.1) is 11.0 Å². The van der Waals surface area contributed by atoms with Gasteiger partial charge in [-0.15, -0.1) is 0 Å².